The van der Waals surface area contributed by atoms with Gasteiger partial charge in [-0.2, -0.15) is 4.98 Å². The molecule has 3 aliphatic rings. The number of nitrogen functional groups attached to an aromatic ring is 1. The van der Waals surface area contributed by atoms with Crippen molar-refractivity contribution in [3.63, 3.8) is 0 Å². The van der Waals surface area contributed by atoms with E-state index in [0.717, 1.165) is 6.07 Å². The van der Waals surface area contributed by atoms with Gasteiger partial charge in [-0.25, -0.2) is 9.37 Å². The van der Waals surface area contributed by atoms with Crippen molar-refractivity contribution in [1.82, 2.24) is 14.5 Å². The van der Waals surface area contributed by atoms with Crippen molar-refractivity contribution < 1.29 is 27.0 Å². The molecule has 2 heterocycles. The minimum atomic E-state index is -4.88. The summed E-state index contributed by atoms with van der Waals surface area (Å²) >= 11 is 0. The summed E-state index contributed by atoms with van der Waals surface area (Å²) in [6.45, 7) is 0. The largest absolute Gasteiger partial charge is 0.573 e. The normalized spacial score (nSPS) is 27.4. The molecule has 25 heavy (non-hydrogen) atoms. The first-order valence-electron chi connectivity index (χ1n) is 7.48. The molecule has 0 unspecified atom stereocenters. The Morgan fingerprint density at radius 2 is 1.96 bits per heavy atom. The Labute approximate surface area is 139 Å². The predicted octanol–water partition coefficient (Wildman–Crippen LogP) is 3.04. The predicted molar refractivity (Wildman–Crippen MR) is 78.8 cm³/mol. The van der Waals surface area contributed by atoms with Gasteiger partial charge in [0.1, 0.15) is 5.67 Å². The van der Waals surface area contributed by atoms with Crippen LogP contribution in [0.15, 0.2) is 18.5 Å². The molecule has 0 amide bonds. The molecule has 0 aromatic carbocycles. The van der Waals surface area contributed by atoms with Gasteiger partial charge in [0, 0.05) is 37.2 Å². The van der Waals surface area contributed by atoms with Crippen molar-refractivity contribution in [2.75, 3.05) is 12.8 Å². The zero-order valence-corrected chi connectivity index (χ0v) is 13.1. The Balaban J connectivity index is 1.69. The maximum Gasteiger partial charge on any atom is 0.573 e. The minimum absolute atomic E-state index is 0.270. The second kappa shape index (κ2) is 4.77. The first kappa shape index (κ1) is 16.0. The quantitative estimate of drug-likeness (QED) is 0.851. The zero-order chi connectivity index (χ0) is 18.0. The SMILES string of the molecule is COc1nc(-c2cnc(N)c(OC(F)(F)F)c2)cn1C12CC(F)(C1)C2. The Morgan fingerprint density at radius 3 is 2.52 bits per heavy atom. The Hall–Kier alpha value is -2.52. The number of ether oxygens (including phenoxy) is 2. The van der Waals surface area contributed by atoms with Crippen LogP contribution >= 0.6 is 0 Å². The second-order valence-electron chi connectivity index (χ2n) is 6.54. The third-order valence-corrected chi connectivity index (χ3v) is 4.71. The fourth-order valence-electron chi connectivity index (χ4n) is 3.66. The lowest BCUT2D eigenvalue weighted by Gasteiger charge is -2.65. The molecule has 0 radical (unpaired) electrons. The number of alkyl halides is 4. The van der Waals surface area contributed by atoms with Gasteiger partial charge in [0.2, 0.25) is 0 Å². The molecule has 2 aromatic heterocycles. The maximum absolute atomic E-state index is 13.8. The van der Waals surface area contributed by atoms with Gasteiger partial charge in [-0.1, -0.05) is 0 Å². The number of methoxy groups -OCH3 is 1. The highest BCUT2D eigenvalue weighted by atomic mass is 19.4. The zero-order valence-electron chi connectivity index (χ0n) is 13.1. The van der Waals surface area contributed by atoms with Gasteiger partial charge in [-0.05, 0) is 6.07 Å². The van der Waals surface area contributed by atoms with E-state index in [0.29, 0.717) is 25.0 Å². The first-order valence-corrected chi connectivity index (χ1v) is 7.48. The summed E-state index contributed by atoms with van der Waals surface area (Å²) in [5.41, 5.74) is 4.59. The van der Waals surface area contributed by atoms with E-state index in [-0.39, 0.29) is 22.9 Å². The number of rotatable bonds is 4. The van der Waals surface area contributed by atoms with Crippen LogP contribution in [0.1, 0.15) is 19.3 Å². The van der Waals surface area contributed by atoms with Crippen molar-refractivity contribution in [3.05, 3.63) is 18.5 Å². The molecule has 3 fully saturated rings. The van der Waals surface area contributed by atoms with Gasteiger partial charge < -0.3 is 15.2 Å². The topological polar surface area (TPSA) is 75.2 Å². The number of imidazole rings is 1. The number of halogens is 4. The van der Waals surface area contributed by atoms with Crippen LogP contribution in [0.25, 0.3) is 11.3 Å². The third-order valence-electron chi connectivity index (χ3n) is 4.71. The average Bonchev–Trinajstić information content (AvgIpc) is 2.88. The summed E-state index contributed by atoms with van der Waals surface area (Å²) in [6, 6.07) is 1.38. The second-order valence-corrected chi connectivity index (χ2v) is 6.54. The number of aromatic nitrogens is 3. The molecule has 2 bridgehead atoms. The fourth-order valence-corrected chi connectivity index (χ4v) is 3.66. The summed E-state index contributed by atoms with van der Waals surface area (Å²) < 4.78 is 62.0. The lowest BCUT2D eigenvalue weighted by Crippen LogP contribution is -2.69. The van der Waals surface area contributed by atoms with E-state index in [9.17, 15) is 17.6 Å². The van der Waals surface area contributed by atoms with E-state index in [2.05, 4.69) is 14.7 Å². The third kappa shape index (κ3) is 2.47. The standard InChI is InChI=1S/C15H14F4N4O2/c1-24-12-22-9(4-23(12)14-5-13(16,6-14)7-14)8-2-10(11(20)21-3-8)25-15(17,18)19/h2-4H,5-7H2,1H3,(H2,20,21). The summed E-state index contributed by atoms with van der Waals surface area (Å²) in [7, 11) is 1.43. The molecule has 3 aliphatic carbocycles. The molecule has 0 aliphatic heterocycles. The number of nitrogens with two attached hydrogens (primary N) is 1. The summed E-state index contributed by atoms with van der Waals surface area (Å²) in [6.07, 6.45) is -0.810. The van der Waals surface area contributed by atoms with E-state index >= 15 is 0 Å². The van der Waals surface area contributed by atoms with Gasteiger partial charge in [0.05, 0.1) is 18.3 Å². The molecule has 5 rings (SSSR count). The first-order chi connectivity index (χ1) is 11.6. The number of anilines is 1. The molecule has 10 heteroatoms. The van der Waals surface area contributed by atoms with Crippen LogP contribution in [0.5, 0.6) is 11.8 Å². The number of hydrogen-bond acceptors (Lipinski definition) is 5. The molecular formula is C15H14F4N4O2. The highest BCUT2D eigenvalue weighted by Crippen LogP contribution is 2.68. The van der Waals surface area contributed by atoms with E-state index in [1.807, 2.05) is 0 Å². The van der Waals surface area contributed by atoms with Crippen LogP contribution in [-0.2, 0) is 5.54 Å². The molecular weight excluding hydrogens is 344 g/mol. The van der Waals surface area contributed by atoms with Crippen molar-refractivity contribution in [2.45, 2.75) is 36.8 Å². The molecule has 6 nitrogen and oxygen atoms in total. The molecule has 2 aromatic rings. The average molecular weight is 358 g/mol. The molecule has 134 valence electrons. The minimum Gasteiger partial charge on any atom is -0.468 e. The fraction of sp³-hybridized carbons (Fsp3) is 0.467. The Bertz CT molecular complexity index is 829. The van der Waals surface area contributed by atoms with Gasteiger partial charge in [0.25, 0.3) is 6.01 Å². The lowest BCUT2D eigenvalue weighted by atomic mass is 9.47. The van der Waals surface area contributed by atoms with Crippen LogP contribution in [0.4, 0.5) is 23.4 Å². The van der Waals surface area contributed by atoms with Crippen LogP contribution in [0, 0.1) is 0 Å². The monoisotopic (exact) mass is 358 g/mol. The summed E-state index contributed by atoms with van der Waals surface area (Å²) in [5, 5.41) is 0. The van der Waals surface area contributed by atoms with Gasteiger partial charge in [0.15, 0.2) is 11.6 Å². The number of nitrogens with zero attached hydrogens (tertiary/aromatic N) is 3. The Morgan fingerprint density at radius 1 is 1.28 bits per heavy atom. The van der Waals surface area contributed by atoms with Crippen LogP contribution in [0.2, 0.25) is 0 Å². The van der Waals surface area contributed by atoms with Crippen LogP contribution in [0.3, 0.4) is 0 Å². The van der Waals surface area contributed by atoms with E-state index < -0.39 is 17.8 Å². The van der Waals surface area contributed by atoms with Gasteiger partial charge in [-0.3, -0.25) is 4.57 Å². The smallest absolute Gasteiger partial charge is 0.468 e. The maximum atomic E-state index is 13.8. The van der Waals surface area contributed by atoms with Gasteiger partial charge in [-0.15, -0.1) is 13.2 Å². The van der Waals surface area contributed by atoms with E-state index in [1.165, 1.54) is 13.3 Å². The summed E-state index contributed by atoms with van der Waals surface area (Å²) in [5.74, 6) is -0.988. The Kier molecular flexibility index (Phi) is 3.05. The number of hydrogen-bond donors (Lipinski definition) is 1. The molecule has 3 saturated carbocycles. The van der Waals surface area contributed by atoms with E-state index in [4.69, 9.17) is 10.5 Å². The molecule has 2 N–H and O–H groups in total. The molecule has 0 saturated heterocycles. The van der Waals surface area contributed by atoms with Gasteiger partial charge >= 0.3 is 6.36 Å². The number of pyridine rings is 1. The van der Waals surface area contributed by atoms with Crippen LogP contribution in [-0.4, -0.2) is 33.7 Å². The molecule has 0 atom stereocenters. The van der Waals surface area contributed by atoms with Crippen LogP contribution < -0.4 is 15.2 Å². The van der Waals surface area contributed by atoms with E-state index in [1.54, 1.807) is 10.8 Å². The highest BCUT2D eigenvalue weighted by Gasteiger charge is 2.71. The van der Waals surface area contributed by atoms with Crippen molar-refractivity contribution in [3.8, 4) is 23.0 Å². The van der Waals surface area contributed by atoms with Crippen molar-refractivity contribution >= 4 is 5.82 Å². The molecule has 0 spiro atoms. The van der Waals surface area contributed by atoms with Crippen molar-refractivity contribution in [1.29, 1.82) is 0 Å². The lowest BCUT2D eigenvalue weighted by molar-refractivity contribution is -0.274. The highest BCUT2D eigenvalue weighted by molar-refractivity contribution is 5.64. The van der Waals surface area contributed by atoms with Crippen molar-refractivity contribution in [2.24, 2.45) is 0 Å². The summed E-state index contributed by atoms with van der Waals surface area (Å²) in [4.78, 5) is 7.99.